The van der Waals surface area contributed by atoms with Gasteiger partial charge in [-0.3, -0.25) is 0 Å². The summed E-state index contributed by atoms with van der Waals surface area (Å²) in [6.45, 7) is 2.65. The third-order valence-corrected chi connectivity index (χ3v) is 3.63. The molecule has 0 spiro atoms. The van der Waals surface area contributed by atoms with Gasteiger partial charge in [0.2, 0.25) is 0 Å². The molecular weight excluding hydrogens is 282 g/mol. The normalized spacial score (nSPS) is 10.6. The van der Waals surface area contributed by atoms with Crippen molar-refractivity contribution in [2.24, 2.45) is 0 Å². The Hall–Kier alpha value is -2.57. The van der Waals surface area contributed by atoms with Gasteiger partial charge in [0.15, 0.2) is 5.69 Å². The molecule has 0 aliphatic rings. The van der Waals surface area contributed by atoms with Crippen molar-refractivity contribution >= 4 is 17.5 Å². The van der Waals surface area contributed by atoms with Crippen LogP contribution in [0.3, 0.4) is 0 Å². The number of nitrogens with two attached hydrogens (primary N) is 1. The topological polar surface area (TPSA) is 43.6 Å². The summed E-state index contributed by atoms with van der Waals surface area (Å²) in [7, 11) is 4.04. The number of rotatable bonds is 5. The van der Waals surface area contributed by atoms with E-state index >= 15 is 0 Å². The molecule has 2 aromatic rings. The first kappa shape index (κ1) is 18.5. The molecule has 0 saturated carbocycles. The number of nitrogens with zero attached hydrogens (tertiary/aromatic N) is 2. The lowest BCUT2D eigenvalue weighted by Crippen LogP contribution is -2.73. The molecule has 3 heteroatoms. The van der Waals surface area contributed by atoms with Gasteiger partial charge in [0, 0.05) is 18.7 Å². The van der Waals surface area contributed by atoms with Crippen LogP contribution in [0.5, 0.6) is 0 Å². The average molecular weight is 308 g/mol. The van der Waals surface area contributed by atoms with E-state index < -0.39 is 0 Å². The van der Waals surface area contributed by atoms with E-state index in [-0.39, 0.29) is 7.43 Å². The Kier molecular flexibility index (Phi) is 7.05. The van der Waals surface area contributed by atoms with Crippen LogP contribution in [0.25, 0.3) is 6.08 Å². The van der Waals surface area contributed by atoms with E-state index in [0.29, 0.717) is 6.54 Å². The highest BCUT2D eigenvalue weighted by Gasteiger charge is 2.10. The third kappa shape index (κ3) is 4.98. The van der Waals surface area contributed by atoms with E-state index in [9.17, 15) is 5.26 Å². The zero-order valence-corrected chi connectivity index (χ0v) is 13.4. The maximum Gasteiger partial charge on any atom is 0.152 e. The molecule has 23 heavy (non-hydrogen) atoms. The molecule has 0 bridgehead atoms. The molecule has 0 unspecified atom stereocenters. The standard InChI is InChI=1S/C19H21N3.CH4/c1-15-8-10-16(11-9-15)12-17(13-20)14-22(3)19-7-5-4-6-18(19)21-2;/h4-12,21H,14H2,1-3H3;1H4/p+1/b17-12+;. The minimum absolute atomic E-state index is 0. The van der Waals surface area contributed by atoms with Crippen molar-refractivity contribution in [3.05, 3.63) is 65.2 Å². The van der Waals surface area contributed by atoms with Crippen LogP contribution in [0.15, 0.2) is 54.1 Å². The predicted molar refractivity (Wildman–Crippen MR) is 98.7 cm³/mol. The molecule has 0 atom stereocenters. The summed E-state index contributed by atoms with van der Waals surface area (Å²) < 4.78 is 0. The number of likely N-dealkylation sites (N-methyl/N-ethyl adjacent to an activating group) is 1. The highest BCUT2D eigenvalue weighted by molar-refractivity contribution is 5.65. The van der Waals surface area contributed by atoms with E-state index in [2.05, 4.69) is 47.5 Å². The second-order valence-corrected chi connectivity index (χ2v) is 5.40. The van der Waals surface area contributed by atoms with Crippen molar-refractivity contribution in [2.75, 3.05) is 25.5 Å². The van der Waals surface area contributed by atoms with E-state index in [1.54, 1.807) is 0 Å². The van der Waals surface area contributed by atoms with Crippen LogP contribution in [-0.2, 0) is 0 Å². The Morgan fingerprint density at radius 1 is 1.17 bits per heavy atom. The smallest absolute Gasteiger partial charge is 0.152 e. The van der Waals surface area contributed by atoms with Gasteiger partial charge >= 0.3 is 0 Å². The van der Waals surface area contributed by atoms with Gasteiger partial charge in [-0.2, -0.15) is 5.26 Å². The van der Waals surface area contributed by atoms with E-state index in [0.717, 1.165) is 16.8 Å². The van der Waals surface area contributed by atoms with Crippen molar-refractivity contribution in [3.63, 3.8) is 0 Å². The third-order valence-electron chi connectivity index (χ3n) is 3.63. The SMILES string of the molecule is C.C[NH2+]c1ccccc1N(C)C/C(C#N)=C/c1ccc(C)cc1. The van der Waals surface area contributed by atoms with Crippen molar-refractivity contribution in [1.82, 2.24) is 0 Å². The maximum atomic E-state index is 9.41. The Balaban J connectivity index is 0.00000264. The highest BCUT2D eigenvalue weighted by atomic mass is 15.1. The van der Waals surface area contributed by atoms with Crippen molar-refractivity contribution in [1.29, 1.82) is 5.26 Å². The van der Waals surface area contributed by atoms with Crippen LogP contribution >= 0.6 is 0 Å². The summed E-state index contributed by atoms with van der Waals surface area (Å²) in [5.41, 5.74) is 5.34. The molecule has 3 nitrogen and oxygen atoms in total. The lowest BCUT2D eigenvalue weighted by Gasteiger charge is -2.19. The van der Waals surface area contributed by atoms with Crippen LogP contribution in [0, 0.1) is 18.3 Å². The molecule has 0 amide bonds. The Labute approximate surface area is 139 Å². The van der Waals surface area contributed by atoms with Crippen LogP contribution in [-0.4, -0.2) is 20.6 Å². The second kappa shape index (κ2) is 8.77. The van der Waals surface area contributed by atoms with Gasteiger partial charge in [0.25, 0.3) is 0 Å². The molecule has 2 N–H and O–H groups in total. The summed E-state index contributed by atoms with van der Waals surface area (Å²) in [6.07, 6.45) is 1.95. The molecule has 2 aromatic carbocycles. The highest BCUT2D eigenvalue weighted by Crippen LogP contribution is 2.21. The molecule has 0 radical (unpaired) electrons. The number of aryl methyl sites for hydroxylation is 1. The second-order valence-electron chi connectivity index (χ2n) is 5.40. The summed E-state index contributed by atoms with van der Waals surface area (Å²) in [6, 6.07) is 18.7. The van der Waals surface area contributed by atoms with Crippen LogP contribution < -0.4 is 10.2 Å². The number of anilines is 1. The lowest BCUT2D eigenvalue weighted by atomic mass is 10.1. The van der Waals surface area contributed by atoms with Crippen molar-refractivity contribution < 1.29 is 5.32 Å². The molecule has 0 heterocycles. The first-order chi connectivity index (χ1) is 10.6. The zero-order chi connectivity index (χ0) is 15.9. The van der Waals surface area contributed by atoms with Crippen molar-refractivity contribution in [3.8, 4) is 6.07 Å². The lowest BCUT2D eigenvalue weighted by molar-refractivity contribution is -0.538. The van der Waals surface area contributed by atoms with E-state index in [1.165, 1.54) is 11.3 Å². The van der Waals surface area contributed by atoms with E-state index in [1.807, 2.05) is 44.4 Å². The molecule has 120 valence electrons. The molecule has 0 aliphatic heterocycles. The molecule has 0 aromatic heterocycles. The minimum atomic E-state index is 0. The summed E-state index contributed by atoms with van der Waals surface area (Å²) in [5.74, 6) is 0. The average Bonchev–Trinajstić information content (AvgIpc) is 2.56. The Bertz CT molecular complexity index is 694. The quantitative estimate of drug-likeness (QED) is 0.678. The maximum absolute atomic E-state index is 9.41. The first-order valence-corrected chi connectivity index (χ1v) is 7.41. The van der Waals surface area contributed by atoms with Crippen LogP contribution in [0.1, 0.15) is 18.6 Å². The van der Waals surface area contributed by atoms with Gasteiger partial charge in [0.1, 0.15) is 0 Å². The molecular formula is C20H26N3+. The first-order valence-electron chi connectivity index (χ1n) is 7.41. The number of hydrogen-bond acceptors (Lipinski definition) is 2. The minimum Gasteiger partial charge on any atom is -0.365 e. The van der Waals surface area contributed by atoms with Gasteiger partial charge in [0.05, 0.1) is 25.3 Å². The molecule has 2 rings (SSSR count). The fraction of sp³-hybridized carbons (Fsp3) is 0.250. The number of para-hydroxylation sites is 2. The number of quaternary nitrogens is 1. The largest absolute Gasteiger partial charge is 0.365 e. The van der Waals surface area contributed by atoms with Crippen molar-refractivity contribution in [2.45, 2.75) is 14.4 Å². The van der Waals surface area contributed by atoms with E-state index in [4.69, 9.17) is 0 Å². The monoisotopic (exact) mass is 308 g/mol. The summed E-state index contributed by atoms with van der Waals surface area (Å²) in [4.78, 5) is 2.11. The predicted octanol–water partition coefficient (Wildman–Crippen LogP) is 3.50. The van der Waals surface area contributed by atoms with Gasteiger partial charge < -0.3 is 10.2 Å². The Morgan fingerprint density at radius 3 is 2.43 bits per heavy atom. The van der Waals surface area contributed by atoms with Gasteiger partial charge in [-0.05, 0) is 24.6 Å². The van der Waals surface area contributed by atoms with Gasteiger partial charge in [-0.15, -0.1) is 0 Å². The summed E-state index contributed by atoms with van der Waals surface area (Å²) in [5, 5.41) is 11.5. The molecule has 0 aliphatic carbocycles. The fourth-order valence-corrected chi connectivity index (χ4v) is 2.40. The fourth-order valence-electron chi connectivity index (χ4n) is 2.40. The summed E-state index contributed by atoms with van der Waals surface area (Å²) >= 11 is 0. The molecule has 0 saturated heterocycles. The van der Waals surface area contributed by atoms with Crippen LogP contribution in [0.2, 0.25) is 0 Å². The number of nitriles is 1. The molecule has 0 fully saturated rings. The van der Waals surface area contributed by atoms with Gasteiger partial charge in [-0.1, -0.05) is 49.4 Å². The number of benzene rings is 2. The number of hydrogen-bond donors (Lipinski definition) is 1. The zero-order valence-electron chi connectivity index (χ0n) is 13.4. The Morgan fingerprint density at radius 2 is 1.83 bits per heavy atom. The van der Waals surface area contributed by atoms with Crippen LogP contribution in [0.4, 0.5) is 11.4 Å². The van der Waals surface area contributed by atoms with Gasteiger partial charge in [-0.25, -0.2) is 0 Å².